The second-order valence-electron chi connectivity index (χ2n) is 5.84. The Hall–Kier alpha value is -0.970. The van der Waals surface area contributed by atoms with Crippen LogP contribution in [0.15, 0.2) is 18.2 Å². The van der Waals surface area contributed by atoms with Crippen molar-refractivity contribution in [2.24, 2.45) is 0 Å². The molecule has 1 N–H and O–H groups in total. The predicted octanol–water partition coefficient (Wildman–Crippen LogP) is 2.90. The van der Waals surface area contributed by atoms with E-state index >= 15 is 0 Å². The number of hydrogen-bond donors (Lipinski definition) is 1. The zero-order chi connectivity index (χ0) is 15.2. The number of benzene rings is 1. The molecule has 1 saturated heterocycles. The van der Waals surface area contributed by atoms with E-state index in [1.807, 2.05) is 19.2 Å². The van der Waals surface area contributed by atoms with Gasteiger partial charge in [-0.15, -0.1) is 0 Å². The van der Waals surface area contributed by atoms with Crippen molar-refractivity contribution >= 4 is 0 Å². The first-order chi connectivity index (χ1) is 10.1. The van der Waals surface area contributed by atoms with Crippen LogP contribution >= 0.6 is 0 Å². The SMILES string of the molecule is CCC1CN(CCC(NC)c2ccc(C)c(F)c2)CCO1. The van der Waals surface area contributed by atoms with Crippen LogP contribution in [-0.4, -0.2) is 44.3 Å². The fourth-order valence-electron chi connectivity index (χ4n) is 2.85. The lowest BCUT2D eigenvalue weighted by Crippen LogP contribution is -2.43. The monoisotopic (exact) mass is 294 g/mol. The molecule has 118 valence electrons. The summed E-state index contributed by atoms with van der Waals surface area (Å²) in [7, 11) is 1.94. The number of morpholine rings is 1. The molecule has 0 bridgehead atoms. The average molecular weight is 294 g/mol. The molecule has 4 heteroatoms. The van der Waals surface area contributed by atoms with Gasteiger partial charge in [-0.3, -0.25) is 4.90 Å². The van der Waals surface area contributed by atoms with E-state index in [0.717, 1.165) is 44.6 Å². The molecule has 1 aromatic carbocycles. The van der Waals surface area contributed by atoms with Crippen LogP contribution < -0.4 is 5.32 Å². The molecule has 1 aliphatic rings. The zero-order valence-electron chi connectivity index (χ0n) is 13.4. The molecule has 2 rings (SSSR count). The van der Waals surface area contributed by atoms with Gasteiger partial charge in [0.05, 0.1) is 12.7 Å². The predicted molar refractivity (Wildman–Crippen MR) is 84.0 cm³/mol. The highest BCUT2D eigenvalue weighted by molar-refractivity contribution is 5.25. The Balaban J connectivity index is 1.91. The highest BCUT2D eigenvalue weighted by Gasteiger charge is 2.20. The van der Waals surface area contributed by atoms with E-state index in [1.54, 1.807) is 13.0 Å². The lowest BCUT2D eigenvalue weighted by molar-refractivity contribution is -0.0304. The Morgan fingerprint density at radius 2 is 2.29 bits per heavy atom. The molecule has 0 aliphatic carbocycles. The molecule has 2 unspecified atom stereocenters. The van der Waals surface area contributed by atoms with E-state index in [1.165, 1.54) is 0 Å². The van der Waals surface area contributed by atoms with Gasteiger partial charge in [-0.1, -0.05) is 19.1 Å². The summed E-state index contributed by atoms with van der Waals surface area (Å²) in [6.07, 6.45) is 2.41. The molecule has 0 saturated carbocycles. The molecule has 1 heterocycles. The quantitative estimate of drug-likeness (QED) is 0.873. The number of hydrogen-bond acceptors (Lipinski definition) is 3. The number of aryl methyl sites for hydroxylation is 1. The molecule has 1 aliphatic heterocycles. The van der Waals surface area contributed by atoms with Gasteiger partial charge < -0.3 is 10.1 Å². The van der Waals surface area contributed by atoms with Crippen LogP contribution in [0.25, 0.3) is 0 Å². The van der Waals surface area contributed by atoms with Crippen molar-refractivity contribution < 1.29 is 9.13 Å². The van der Waals surface area contributed by atoms with Crippen molar-refractivity contribution in [3.8, 4) is 0 Å². The maximum Gasteiger partial charge on any atom is 0.126 e. The standard InChI is InChI=1S/C17H27FN2O/c1-4-15-12-20(9-10-21-15)8-7-17(19-3)14-6-5-13(2)16(18)11-14/h5-6,11,15,17,19H,4,7-10,12H2,1-3H3. The summed E-state index contributed by atoms with van der Waals surface area (Å²) in [6, 6.07) is 5.73. The van der Waals surface area contributed by atoms with Gasteiger partial charge in [0.1, 0.15) is 5.82 Å². The number of rotatable bonds is 6. The Labute approximate surface area is 127 Å². The first-order valence-electron chi connectivity index (χ1n) is 7.91. The average Bonchev–Trinajstić information content (AvgIpc) is 2.51. The van der Waals surface area contributed by atoms with Crippen LogP contribution in [0.3, 0.4) is 0 Å². The van der Waals surface area contributed by atoms with Gasteiger partial charge in [-0.05, 0) is 44.0 Å². The van der Waals surface area contributed by atoms with Crippen LogP contribution in [0, 0.1) is 12.7 Å². The molecule has 0 spiro atoms. The van der Waals surface area contributed by atoms with Crippen molar-refractivity contribution in [1.82, 2.24) is 10.2 Å². The van der Waals surface area contributed by atoms with E-state index in [0.29, 0.717) is 11.7 Å². The Morgan fingerprint density at radius 1 is 1.48 bits per heavy atom. The number of ether oxygens (including phenoxy) is 1. The van der Waals surface area contributed by atoms with Gasteiger partial charge in [0.15, 0.2) is 0 Å². The minimum absolute atomic E-state index is 0.120. The maximum absolute atomic E-state index is 13.7. The van der Waals surface area contributed by atoms with Crippen molar-refractivity contribution in [1.29, 1.82) is 0 Å². The molecule has 2 atom stereocenters. The molecule has 3 nitrogen and oxygen atoms in total. The molecule has 21 heavy (non-hydrogen) atoms. The first kappa shape index (κ1) is 16.4. The zero-order valence-corrected chi connectivity index (χ0v) is 13.4. The summed E-state index contributed by atoms with van der Waals surface area (Å²) in [5.74, 6) is -0.120. The van der Waals surface area contributed by atoms with Crippen molar-refractivity contribution in [3.05, 3.63) is 35.1 Å². The van der Waals surface area contributed by atoms with Crippen LogP contribution in [-0.2, 0) is 4.74 Å². The summed E-state index contributed by atoms with van der Waals surface area (Å²) >= 11 is 0. The van der Waals surface area contributed by atoms with E-state index in [9.17, 15) is 4.39 Å². The van der Waals surface area contributed by atoms with E-state index < -0.39 is 0 Å². The summed E-state index contributed by atoms with van der Waals surface area (Å²) in [5, 5.41) is 3.31. The van der Waals surface area contributed by atoms with Crippen molar-refractivity contribution in [2.75, 3.05) is 33.3 Å². The first-order valence-corrected chi connectivity index (χ1v) is 7.91. The second-order valence-corrected chi connectivity index (χ2v) is 5.84. The number of nitrogens with one attached hydrogen (secondary N) is 1. The lowest BCUT2D eigenvalue weighted by atomic mass is 10.0. The summed E-state index contributed by atoms with van der Waals surface area (Å²) in [5.41, 5.74) is 1.73. The normalized spacial score (nSPS) is 21.4. The van der Waals surface area contributed by atoms with Crippen LogP contribution in [0.1, 0.15) is 36.9 Å². The van der Waals surface area contributed by atoms with E-state index in [2.05, 4.69) is 17.1 Å². The summed E-state index contributed by atoms with van der Waals surface area (Å²) < 4.78 is 19.4. The fraction of sp³-hybridized carbons (Fsp3) is 0.647. The Bertz CT molecular complexity index is 452. The molecule has 0 radical (unpaired) electrons. The van der Waals surface area contributed by atoms with Gasteiger partial charge >= 0.3 is 0 Å². The summed E-state index contributed by atoms with van der Waals surface area (Å²) in [4.78, 5) is 2.45. The molecular weight excluding hydrogens is 267 g/mol. The van der Waals surface area contributed by atoms with Crippen molar-refractivity contribution in [2.45, 2.75) is 38.8 Å². The molecular formula is C17H27FN2O. The van der Waals surface area contributed by atoms with Gasteiger partial charge in [-0.2, -0.15) is 0 Å². The number of halogens is 1. The topological polar surface area (TPSA) is 24.5 Å². The minimum atomic E-state index is -0.120. The highest BCUT2D eigenvalue weighted by atomic mass is 19.1. The third kappa shape index (κ3) is 4.50. The van der Waals surface area contributed by atoms with E-state index in [-0.39, 0.29) is 11.9 Å². The smallest absolute Gasteiger partial charge is 0.126 e. The van der Waals surface area contributed by atoms with Crippen LogP contribution in [0.2, 0.25) is 0 Å². The number of nitrogens with zero attached hydrogens (tertiary/aromatic N) is 1. The second kappa shape index (κ2) is 7.87. The maximum atomic E-state index is 13.7. The van der Waals surface area contributed by atoms with Gasteiger partial charge in [0.2, 0.25) is 0 Å². The molecule has 1 fully saturated rings. The lowest BCUT2D eigenvalue weighted by Gasteiger charge is -2.33. The van der Waals surface area contributed by atoms with Gasteiger partial charge in [0.25, 0.3) is 0 Å². The Kier molecular flexibility index (Phi) is 6.15. The van der Waals surface area contributed by atoms with Crippen molar-refractivity contribution in [3.63, 3.8) is 0 Å². The summed E-state index contributed by atoms with van der Waals surface area (Å²) in [6.45, 7) is 7.80. The van der Waals surface area contributed by atoms with Crippen LogP contribution in [0.5, 0.6) is 0 Å². The largest absolute Gasteiger partial charge is 0.376 e. The third-order valence-corrected chi connectivity index (χ3v) is 4.36. The highest BCUT2D eigenvalue weighted by Crippen LogP contribution is 2.20. The molecule has 1 aromatic rings. The Morgan fingerprint density at radius 3 is 2.95 bits per heavy atom. The molecule has 0 amide bonds. The van der Waals surface area contributed by atoms with Gasteiger partial charge in [0, 0.05) is 25.7 Å². The van der Waals surface area contributed by atoms with Crippen LogP contribution in [0.4, 0.5) is 4.39 Å². The minimum Gasteiger partial charge on any atom is -0.376 e. The molecule has 0 aromatic heterocycles. The van der Waals surface area contributed by atoms with Gasteiger partial charge in [-0.25, -0.2) is 4.39 Å². The van der Waals surface area contributed by atoms with E-state index in [4.69, 9.17) is 4.74 Å². The fourth-order valence-corrected chi connectivity index (χ4v) is 2.85. The third-order valence-electron chi connectivity index (χ3n) is 4.36.